The summed E-state index contributed by atoms with van der Waals surface area (Å²) >= 11 is 19.5. The molecule has 0 atom stereocenters. The SMILES string of the molecule is O=C(O)c1cccc(Oc2cccc(-c3nn(Cc4ccc(C(F)(F)P(=O)(O)O)c(Cl)c4)c(=Nc4ccc(Cl)c(Cl)c4)s3)c2)c1. The van der Waals surface area contributed by atoms with E-state index in [-0.39, 0.29) is 17.1 Å². The number of aromatic carboxylic acids is 1. The van der Waals surface area contributed by atoms with Gasteiger partial charge in [0.2, 0.25) is 4.80 Å². The molecule has 5 aromatic rings. The number of rotatable bonds is 9. The quantitative estimate of drug-likeness (QED) is 0.130. The number of carboxylic acid groups (broad SMARTS) is 1. The Morgan fingerprint density at radius 2 is 1.64 bits per heavy atom. The fraction of sp³-hybridized carbons (Fsp3) is 0.0690. The van der Waals surface area contributed by atoms with Crippen molar-refractivity contribution in [3.05, 3.63) is 121 Å². The Balaban J connectivity index is 1.53. The van der Waals surface area contributed by atoms with Crippen molar-refractivity contribution in [1.29, 1.82) is 0 Å². The summed E-state index contributed by atoms with van der Waals surface area (Å²) in [5.41, 5.74) is -3.93. The molecule has 5 rings (SSSR count). The minimum absolute atomic E-state index is 0.00366. The first-order chi connectivity index (χ1) is 21.2. The zero-order valence-corrected chi connectivity index (χ0v) is 26.4. The van der Waals surface area contributed by atoms with Gasteiger partial charge in [-0.3, -0.25) is 4.57 Å². The number of hydrogen-bond acceptors (Lipinski definition) is 6. The maximum absolute atomic E-state index is 14.3. The van der Waals surface area contributed by atoms with Gasteiger partial charge in [0.05, 0.1) is 38.4 Å². The molecule has 45 heavy (non-hydrogen) atoms. The topological polar surface area (TPSA) is 134 Å². The van der Waals surface area contributed by atoms with Gasteiger partial charge in [-0.2, -0.15) is 13.9 Å². The lowest BCUT2D eigenvalue weighted by Crippen LogP contribution is -2.18. The highest BCUT2D eigenvalue weighted by Crippen LogP contribution is 2.60. The van der Waals surface area contributed by atoms with E-state index in [2.05, 4.69) is 10.1 Å². The van der Waals surface area contributed by atoms with Gasteiger partial charge in [-0.15, -0.1) is 0 Å². The molecule has 16 heteroatoms. The molecule has 1 heterocycles. The molecule has 0 aliphatic carbocycles. The molecular weight excluding hydrogens is 694 g/mol. The van der Waals surface area contributed by atoms with Crippen LogP contribution in [0.2, 0.25) is 15.1 Å². The number of halogens is 5. The Kier molecular flexibility index (Phi) is 9.48. The number of nitrogens with zero attached hydrogens (tertiary/aromatic N) is 3. The van der Waals surface area contributed by atoms with E-state index in [4.69, 9.17) is 49.3 Å². The van der Waals surface area contributed by atoms with E-state index in [9.17, 15) is 23.2 Å². The molecule has 0 aliphatic rings. The molecule has 4 aromatic carbocycles. The largest absolute Gasteiger partial charge is 0.478 e. The summed E-state index contributed by atoms with van der Waals surface area (Å²) in [4.78, 5) is 34.6. The standard InChI is InChI=1S/C29H19Cl3F2N3O6PS/c30-23-10-8-19(14-25(23)32)35-28-37(15-16-7-9-22(24(31)11-16)29(33,34)44(40,41)42)36-26(45-28)17-3-1-5-20(12-17)43-21-6-2-4-18(13-21)27(38)39/h1-14H,15H2,(H,38,39)(H2,40,41,42). The van der Waals surface area contributed by atoms with Crippen LogP contribution in [0.15, 0.2) is 89.9 Å². The number of hydrogen-bond donors (Lipinski definition) is 3. The third-order valence-corrected chi connectivity index (χ3v) is 9.22. The van der Waals surface area contributed by atoms with Gasteiger partial charge in [0.25, 0.3) is 0 Å². The Labute approximate surface area is 272 Å². The average Bonchev–Trinajstić information content (AvgIpc) is 3.36. The zero-order valence-electron chi connectivity index (χ0n) is 22.4. The fourth-order valence-electron chi connectivity index (χ4n) is 4.03. The molecular formula is C29H19Cl3F2N3O6PS. The summed E-state index contributed by atoms with van der Waals surface area (Å²) in [5, 5.41) is 14.5. The monoisotopic (exact) mass is 711 g/mol. The van der Waals surface area contributed by atoms with E-state index >= 15 is 0 Å². The molecule has 3 N–H and O–H groups in total. The molecule has 0 amide bonds. The van der Waals surface area contributed by atoms with Crippen molar-refractivity contribution in [3.8, 4) is 22.1 Å². The second-order valence-electron chi connectivity index (χ2n) is 9.42. The van der Waals surface area contributed by atoms with Crippen molar-refractivity contribution in [2.75, 3.05) is 0 Å². The lowest BCUT2D eigenvalue weighted by molar-refractivity contribution is 0.0565. The van der Waals surface area contributed by atoms with Crippen LogP contribution >= 0.6 is 53.7 Å². The number of carboxylic acids is 1. The van der Waals surface area contributed by atoms with Gasteiger partial charge in [0.1, 0.15) is 16.5 Å². The van der Waals surface area contributed by atoms with Gasteiger partial charge in [-0.25, -0.2) is 14.5 Å². The molecule has 0 spiro atoms. The van der Waals surface area contributed by atoms with E-state index in [0.717, 1.165) is 6.07 Å². The second-order valence-corrected chi connectivity index (χ2v) is 13.2. The summed E-state index contributed by atoms with van der Waals surface area (Å²) in [7, 11) is -5.82. The highest BCUT2D eigenvalue weighted by atomic mass is 35.5. The van der Waals surface area contributed by atoms with Crippen LogP contribution in [0.3, 0.4) is 0 Å². The van der Waals surface area contributed by atoms with E-state index in [0.29, 0.717) is 43.1 Å². The molecule has 9 nitrogen and oxygen atoms in total. The van der Waals surface area contributed by atoms with E-state index < -0.39 is 29.8 Å². The minimum atomic E-state index is -5.82. The van der Waals surface area contributed by atoms with Crippen LogP contribution in [0.4, 0.5) is 14.5 Å². The van der Waals surface area contributed by atoms with Gasteiger partial charge >= 0.3 is 19.2 Å². The minimum Gasteiger partial charge on any atom is -0.478 e. The number of ether oxygens (including phenoxy) is 1. The molecule has 1 aromatic heterocycles. The first-order valence-electron chi connectivity index (χ1n) is 12.6. The zero-order chi connectivity index (χ0) is 32.5. The van der Waals surface area contributed by atoms with Crippen molar-refractivity contribution in [2.24, 2.45) is 4.99 Å². The van der Waals surface area contributed by atoms with Gasteiger partial charge < -0.3 is 19.6 Å². The molecule has 0 bridgehead atoms. The van der Waals surface area contributed by atoms with Crippen molar-refractivity contribution in [2.45, 2.75) is 12.2 Å². The van der Waals surface area contributed by atoms with Crippen molar-refractivity contribution >= 4 is 65.4 Å². The highest BCUT2D eigenvalue weighted by molar-refractivity contribution is 7.52. The number of carbonyl (C=O) groups is 1. The molecule has 0 unspecified atom stereocenters. The number of benzene rings is 4. The summed E-state index contributed by atoms with van der Waals surface area (Å²) in [6.07, 6.45) is 0. The predicted molar refractivity (Wildman–Crippen MR) is 167 cm³/mol. The van der Waals surface area contributed by atoms with E-state index in [1.54, 1.807) is 54.6 Å². The van der Waals surface area contributed by atoms with Crippen LogP contribution in [0.5, 0.6) is 11.5 Å². The van der Waals surface area contributed by atoms with E-state index in [1.165, 1.54) is 40.3 Å². The predicted octanol–water partition coefficient (Wildman–Crippen LogP) is 8.57. The summed E-state index contributed by atoms with van der Waals surface area (Å²) < 4.78 is 47.4. The smallest absolute Gasteiger partial charge is 0.399 e. The average molecular weight is 713 g/mol. The van der Waals surface area contributed by atoms with Crippen molar-refractivity contribution in [3.63, 3.8) is 0 Å². The highest BCUT2D eigenvalue weighted by Gasteiger charge is 2.51. The first kappa shape index (κ1) is 32.8. The maximum Gasteiger partial charge on any atom is 0.399 e. The second kappa shape index (κ2) is 13.0. The Bertz CT molecular complexity index is 2050. The molecule has 232 valence electrons. The van der Waals surface area contributed by atoms with Crippen molar-refractivity contribution < 1.29 is 37.8 Å². The first-order valence-corrected chi connectivity index (χ1v) is 16.2. The fourth-order valence-corrected chi connectivity index (χ4v) is 6.14. The molecule has 0 aliphatic heterocycles. The molecule has 0 saturated carbocycles. The molecule has 0 fully saturated rings. The van der Waals surface area contributed by atoms with E-state index in [1.807, 2.05) is 0 Å². The number of alkyl halides is 2. The van der Waals surface area contributed by atoms with Gasteiger partial charge in [0, 0.05) is 5.56 Å². The third-order valence-electron chi connectivity index (χ3n) is 6.20. The lowest BCUT2D eigenvalue weighted by atomic mass is 10.1. The van der Waals surface area contributed by atoms with Gasteiger partial charge in [-0.1, -0.05) is 76.5 Å². The van der Waals surface area contributed by atoms with Crippen LogP contribution in [-0.4, -0.2) is 30.6 Å². The summed E-state index contributed by atoms with van der Waals surface area (Å²) in [6.45, 7) is -0.00366. The number of aromatic nitrogens is 2. The van der Waals surface area contributed by atoms with Crippen LogP contribution in [0.1, 0.15) is 21.5 Å². The van der Waals surface area contributed by atoms with Crippen LogP contribution in [-0.2, 0) is 16.8 Å². The van der Waals surface area contributed by atoms with Crippen LogP contribution in [0.25, 0.3) is 10.6 Å². The Morgan fingerprint density at radius 1 is 0.933 bits per heavy atom. The molecule has 0 saturated heterocycles. The van der Waals surface area contributed by atoms with Crippen LogP contribution < -0.4 is 9.54 Å². The Morgan fingerprint density at radius 3 is 2.31 bits per heavy atom. The normalized spacial score (nSPS) is 12.4. The van der Waals surface area contributed by atoms with Crippen LogP contribution in [0, 0.1) is 0 Å². The maximum atomic E-state index is 14.3. The van der Waals surface area contributed by atoms with Crippen molar-refractivity contribution in [1.82, 2.24) is 9.78 Å². The summed E-state index contributed by atoms with van der Waals surface area (Å²) in [5.74, 6) is -0.361. The lowest BCUT2D eigenvalue weighted by Gasteiger charge is -2.19. The summed E-state index contributed by atoms with van der Waals surface area (Å²) in [6, 6.07) is 21.0. The van der Waals surface area contributed by atoms with Gasteiger partial charge in [-0.05, 0) is 60.2 Å². The van der Waals surface area contributed by atoms with Gasteiger partial charge in [0.15, 0.2) is 0 Å². The third kappa shape index (κ3) is 7.45. The Hall–Kier alpha value is -3.61. The molecule has 0 radical (unpaired) electrons.